The van der Waals surface area contributed by atoms with E-state index in [0.717, 1.165) is 24.6 Å². The number of halogens is 1. The molecule has 5 N–H and O–H groups in total. The van der Waals surface area contributed by atoms with Gasteiger partial charge in [-0.1, -0.05) is 50.4 Å². The van der Waals surface area contributed by atoms with Crippen molar-refractivity contribution in [2.75, 3.05) is 20.2 Å². The van der Waals surface area contributed by atoms with Crippen LogP contribution in [0, 0.1) is 17.8 Å². The van der Waals surface area contributed by atoms with Crippen molar-refractivity contribution in [2.24, 2.45) is 23.5 Å². The van der Waals surface area contributed by atoms with Crippen LogP contribution in [0.1, 0.15) is 73.1 Å². The van der Waals surface area contributed by atoms with Crippen LogP contribution in [0.4, 0.5) is 4.79 Å². The van der Waals surface area contributed by atoms with E-state index < -0.39 is 29.6 Å². The second kappa shape index (κ2) is 18.3. The first kappa shape index (κ1) is 39.1. The number of hydrogen-bond donors (Lipinski definition) is 4. The number of ether oxygens (including phenoxy) is 2. The number of aromatic nitrogens is 1. The average molecular weight is 677 g/mol. The van der Waals surface area contributed by atoms with Gasteiger partial charge in [0.05, 0.1) is 18.4 Å². The third kappa shape index (κ3) is 12.9. The molecule has 13 heteroatoms. The third-order valence-electron chi connectivity index (χ3n) is 7.66. The summed E-state index contributed by atoms with van der Waals surface area (Å²) in [6, 6.07) is 4.53. The maximum absolute atomic E-state index is 12.0. The van der Waals surface area contributed by atoms with Crippen LogP contribution in [-0.4, -0.2) is 70.7 Å². The van der Waals surface area contributed by atoms with Gasteiger partial charge in [0, 0.05) is 23.2 Å². The number of aliphatic carboxylic acids is 1. The number of fused-ring (bicyclic) bond motifs is 1. The van der Waals surface area contributed by atoms with Crippen LogP contribution in [-0.2, 0) is 19.1 Å². The van der Waals surface area contributed by atoms with Crippen LogP contribution < -0.4 is 21.3 Å². The molecule has 47 heavy (non-hydrogen) atoms. The number of nitrogens with two attached hydrogens (primary N) is 1. The lowest BCUT2D eigenvalue weighted by Crippen LogP contribution is -2.49. The molecule has 12 nitrogen and oxygen atoms in total. The zero-order valence-electron chi connectivity index (χ0n) is 28.1. The standard InChI is InChI=1S/C13H23N3O4.C11H18O2.C10H8ClNO2/c1-8-5-6-16(10(8)11(14)18)9(17)7-15-12(19)20-13(2,3)4;1-2-3-4-5-6-7-9-8-10(9)11(12)13;1-14-9-5-12-10(13)8-4-6(11)2-3-7(8)9/h8,10H,5-7H2,1-4H3,(H2,14,18)(H,15,19);6-7,9-10H,2-5,8H2,1H3,(H,12,13);2-5H,1H3,(H,12,13)/b;7-6-;/t8?,10-;9-,10+;/m01./s1. The highest BCUT2D eigenvalue weighted by atomic mass is 35.5. The van der Waals surface area contributed by atoms with Crippen molar-refractivity contribution in [2.45, 2.75) is 84.8 Å². The zero-order chi connectivity index (χ0) is 35.3. The Balaban J connectivity index is 0.000000252. The van der Waals surface area contributed by atoms with Gasteiger partial charge in [-0.25, -0.2) is 4.79 Å². The molecule has 4 rings (SSSR count). The molecule has 260 valence electrons. The quantitative estimate of drug-likeness (QED) is 0.194. The van der Waals surface area contributed by atoms with Crippen LogP contribution in [0.15, 0.2) is 41.3 Å². The molecule has 2 fully saturated rings. The number of hydrogen-bond acceptors (Lipinski definition) is 7. The lowest BCUT2D eigenvalue weighted by Gasteiger charge is -2.25. The molecule has 1 saturated carbocycles. The summed E-state index contributed by atoms with van der Waals surface area (Å²) in [6.45, 7) is 9.54. The Morgan fingerprint density at radius 1 is 1.19 bits per heavy atom. The number of primary amides is 1. The number of rotatable bonds is 10. The van der Waals surface area contributed by atoms with E-state index >= 15 is 0 Å². The number of unbranched alkanes of at least 4 members (excludes halogenated alkanes) is 3. The van der Waals surface area contributed by atoms with Gasteiger partial charge in [-0.3, -0.25) is 19.2 Å². The van der Waals surface area contributed by atoms with E-state index in [1.54, 1.807) is 52.3 Å². The number of aromatic amines is 1. The fraction of sp³-hybridized carbons (Fsp3) is 0.559. The fourth-order valence-electron chi connectivity index (χ4n) is 5.09. The summed E-state index contributed by atoms with van der Waals surface area (Å²) < 4.78 is 10.1. The second-order valence-corrected chi connectivity index (χ2v) is 13.1. The molecular formula is C34H49ClN4O8. The summed E-state index contributed by atoms with van der Waals surface area (Å²) in [4.78, 5) is 60.8. The normalized spacial score (nSPS) is 20.0. The molecule has 2 heterocycles. The van der Waals surface area contributed by atoms with E-state index in [2.05, 4.69) is 29.4 Å². The fourth-order valence-corrected chi connectivity index (χ4v) is 5.27. The molecule has 1 aromatic heterocycles. The Kier molecular flexibility index (Phi) is 15.3. The highest BCUT2D eigenvalue weighted by molar-refractivity contribution is 6.31. The van der Waals surface area contributed by atoms with E-state index in [4.69, 9.17) is 31.9 Å². The first-order valence-corrected chi connectivity index (χ1v) is 16.3. The molecule has 3 amide bonds. The highest BCUT2D eigenvalue weighted by Crippen LogP contribution is 2.39. The van der Waals surface area contributed by atoms with Gasteiger partial charge in [0.15, 0.2) is 0 Å². The largest absolute Gasteiger partial charge is 0.495 e. The molecule has 1 unspecified atom stereocenters. The van der Waals surface area contributed by atoms with E-state index in [0.29, 0.717) is 28.6 Å². The predicted octanol–water partition coefficient (Wildman–Crippen LogP) is 5.27. The Bertz CT molecular complexity index is 1470. The van der Waals surface area contributed by atoms with E-state index in [9.17, 15) is 24.0 Å². The number of amides is 3. The minimum Gasteiger partial charge on any atom is -0.495 e. The Labute approximate surface area is 281 Å². The van der Waals surface area contributed by atoms with E-state index in [1.165, 1.54) is 24.2 Å². The second-order valence-electron chi connectivity index (χ2n) is 12.7. The van der Waals surface area contributed by atoms with Crippen molar-refractivity contribution in [1.29, 1.82) is 0 Å². The van der Waals surface area contributed by atoms with Gasteiger partial charge >= 0.3 is 12.1 Å². The Morgan fingerprint density at radius 3 is 2.47 bits per heavy atom. The van der Waals surface area contributed by atoms with Crippen LogP contribution in [0.5, 0.6) is 5.75 Å². The molecule has 2 aliphatic rings. The number of H-pyrrole nitrogens is 1. The molecule has 2 aromatic rings. The smallest absolute Gasteiger partial charge is 0.408 e. The van der Waals surface area contributed by atoms with Crippen LogP contribution in [0.2, 0.25) is 5.02 Å². The van der Waals surface area contributed by atoms with E-state index in [-0.39, 0.29) is 29.8 Å². The molecular weight excluding hydrogens is 628 g/mol. The van der Waals surface area contributed by atoms with Crippen LogP contribution >= 0.6 is 11.6 Å². The number of alkyl carbamates (subject to hydrolysis) is 1. The maximum atomic E-state index is 12.0. The number of carbonyl (C=O) groups excluding carboxylic acids is 3. The van der Waals surface area contributed by atoms with Crippen molar-refractivity contribution < 1.29 is 33.8 Å². The van der Waals surface area contributed by atoms with Gasteiger partial charge in [0.25, 0.3) is 5.56 Å². The van der Waals surface area contributed by atoms with Crippen molar-refractivity contribution in [1.82, 2.24) is 15.2 Å². The number of allylic oxidation sites excluding steroid dienone is 2. The molecule has 4 atom stereocenters. The minimum absolute atomic E-state index is 0.0398. The number of methoxy groups -OCH3 is 1. The third-order valence-corrected chi connectivity index (χ3v) is 7.89. The molecule has 1 aromatic carbocycles. The Morgan fingerprint density at radius 2 is 1.89 bits per heavy atom. The number of nitrogens with zero attached hydrogens (tertiary/aromatic N) is 1. The maximum Gasteiger partial charge on any atom is 0.408 e. The summed E-state index contributed by atoms with van der Waals surface area (Å²) in [6.07, 6.45) is 11.5. The van der Waals surface area contributed by atoms with Crippen molar-refractivity contribution >= 4 is 46.3 Å². The van der Waals surface area contributed by atoms with Gasteiger partial charge in [-0.15, -0.1) is 0 Å². The highest BCUT2D eigenvalue weighted by Gasteiger charge is 2.41. The molecule has 0 radical (unpaired) electrons. The number of pyridine rings is 1. The molecule has 1 aliphatic heterocycles. The first-order chi connectivity index (χ1) is 22.1. The number of benzene rings is 1. The van der Waals surface area contributed by atoms with Gasteiger partial charge in [0.1, 0.15) is 23.9 Å². The number of carboxylic acids is 1. The van der Waals surface area contributed by atoms with Gasteiger partial charge in [0.2, 0.25) is 11.8 Å². The van der Waals surface area contributed by atoms with Crippen LogP contribution in [0.25, 0.3) is 10.8 Å². The monoisotopic (exact) mass is 676 g/mol. The molecule has 1 aliphatic carbocycles. The lowest BCUT2D eigenvalue weighted by molar-refractivity contribution is -0.138. The van der Waals surface area contributed by atoms with Crippen LogP contribution in [0.3, 0.4) is 0 Å². The predicted molar refractivity (Wildman–Crippen MR) is 181 cm³/mol. The molecule has 0 bridgehead atoms. The van der Waals surface area contributed by atoms with Crippen molar-refractivity contribution in [3.05, 3.63) is 51.9 Å². The number of likely N-dealkylation sites (tertiary alicyclic amines) is 1. The average Bonchev–Trinajstić information content (AvgIpc) is 3.67. The summed E-state index contributed by atoms with van der Waals surface area (Å²) >= 11 is 5.79. The van der Waals surface area contributed by atoms with Crippen molar-refractivity contribution in [3.63, 3.8) is 0 Å². The minimum atomic E-state index is -0.659. The summed E-state index contributed by atoms with van der Waals surface area (Å²) in [7, 11) is 1.56. The summed E-state index contributed by atoms with van der Waals surface area (Å²) in [5.41, 5.74) is 4.53. The van der Waals surface area contributed by atoms with Gasteiger partial charge in [-0.2, -0.15) is 0 Å². The summed E-state index contributed by atoms with van der Waals surface area (Å²) in [5.74, 6) is -0.552. The molecule has 1 saturated heterocycles. The lowest BCUT2D eigenvalue weighted by atomic mass is 10.0. The Hall–Kier alpha value is -4.06. The number of nitrogens with one attached hydrogen (secondary N) is 2. The van der Waals surface area contributed by atoms with E-state index in [1.807, 2.05) is 6.92 Å². The number of carbonyl (C=O) groups is 4. The van der Waals surface area contributed by atoms with Gasteiger partial charge < -0.3 is 35.5 Å². The van der Waals surface area contributed by atoms with Gasteiger partial charge in [-0.05, 0) is 76.5 Å². The molecule has 0 spiro atoms. The summed E-state index contributed by atoms with van der Waals surface area (Å²) in [5, 5.41) is 12.9. The SMILES string of the molecule is CC1CCN(C(=O)CNC(=O)OC(C)(C)C)[C@@H]1C(N)=O.CCCCC/C=C\[C@@H]1C[C@@H]1C(=O)O.COc1c[nH]c(=O)c2cc(Cl)ccc12. The number of carboxylic acid groups (broad SMARTS) is 1. The topological polar surface area (TPSA) is 181 Å². The zero-order valence-corrected chi connectivity index (χ0v) is 28.9. The van der Waals surface area contributed by atoms with Crippen molar-refractivity contribution in [3.8, 4) is 5.75 Å². The first-order valence-electron chi connectivity index (χ1n) is 15.9.